The van der Waals surface area contributed by atoms with E-state index in [-0.39, 0.29) is 18.0 Å². The summed E-state index contributed by atoms with van der Waals surface area (Å²) in [7, 11) is -3.67. The fraction of sp³-hybridized carbons (Fsp3) is 0.474. The van der Waals surface area contributed by atoms with Crippen LogP contribution in [0.3, 0.4) is 0 Å². The zero-order valence-corrected chi connectivity index (χ0v) is 17.7. The minimum atomic E-state index is -3.67. The van der Waals surface area contributed by atoms with Crippen LogP contribution in [-0.4, -0.2) is 14.5 Å². The number of thiophene rings is 1. The van der Waals surface area contributed by atoms with E-state index >= 15 is 0 Å². The highest BCUT2D eigenvalue weighted by atomic mass is 32.2. The number of anilines is 1. The van der Waals surface area contributed by atoms with Gasteiger partial charge in [-0.15, -0.1) is 11.3 Å². The smallest absolute Gasteiger partial charge is 0.263 e. The molecular formula is C19H27N3O2S2. The molecule has 7 heteroatoms. The molecule has 2 heterocycles. The zero-order valence-electron chi connectivity index (χ0n) is 16.1. The molecule has 142 valence electrons. The van der Waals surface area contributed by atoms with Gasteiger partial charge in [0.2, 0.25) is 0 Å². The first-order chi connectivity index (χ1) is 12.1. The van der Waals surface area contributed by atoms with Gasteiger partial charge in [0, 0.05) is 27.0 Å². The Morgan fingerprint density at radius 3 is 2.12 bits per heavy atom. The van der Waals surface area contributed by atoms with Crippen LogP contribution in [0.15, 0.2) is 23.1 Å². The molecule has 1 aromatic carbocycles. The van der Waals surface area contributed by atoms with Crippen LogP contribution < -0.4 is 15.6 Å². The lowest BCUT2D eigenvalue weighted by Gasteiger charge is -2.19. The second kappa shape index (κ2) is 6.96. The second-order valence-electron chi connectivity index (χ2n) is 7.35. The molecule has 1 aromatic heterocycles. The van der Waals surface area contributed by atoms with Gasteiger partial charge in [0.25, 0.3) is 10.0 Å². The summed E-state index contributed by atoms with van der Waals surface area (Å²) in [6, 6.07) is 6.00. The van der Waals surface area contributed by atoms with E-state index < -0.39 is 10.0 Å². The maximum absolute atomic E-state index is 13.3. The van der Waals surface area contributed by atoms with Crippen molar-refractivity contribution in [2.75, 3.05) is 4.72 Å². The summed E-state index contributed by atoms with van der Waals surface area (Å²) in [5.41, 5.74) is 10.1. The highest BCUT2D eigenvalue weighted by molar-refractivity contribution is 7.93. The van der Waals surface area contributed by atoms with Crippen LogP contribution in [-0.2, 0) is 10.0 Å². The summed E-state index contributed by atoms with van der Waals surface area (Å²) < 4.78 is 29.3. The van der Waals surface area contributed by atoms with Crippen molar-refractivity contribution in [2.45, 2.75) is 58.5 Å². The maximum atomic E-state index is 13.3. The Bertz CT molecular complexity index is 914. The van der Waals surface area contributed by atoms with Crippen LogP contribution in [0.4, 0.5) is 5.69 Å². The molecule has 1 aliphatic heterocycles. The van der Waals surface area contributed by atoms with Crippen molar-refractivity contribution in [3.63, 3.8) is 0 Å². The molecule has 0 radical (unpaired) electrons. The number of sulfonamides is 1. The molecule has 5 nitrogen and oxygen atoms in total. The molecule has 3 unspecified atom stereocenters. The SMILES string of the molecule is Cc1cc(C)cc(NS(=O)(=O)c2c(C)sc(C)c2C2NNC(C)C2C)c1. The molecule has 2 aromatic rings. The normalized spacial score (nSPS) is 23.4. The van der Waals surface area contributed by atoms with Gasteiger partial charge in [-0.1, -0.05) is 13.0 Å². The molecule has 1 saturated heterocycles. The second-order valence-corrected chi connectivity index (χ2v) is 10.4. The van der Waals surface area contributed by atoms with Crippen molar-refractivity contribution < 1.29 is 8.42 Å². The summed E-state index contributed by atoms with van der Waals surface area (Å²) in [4.78, 5) is 2.28. The lowest BCUT2D eigenvalue weighted by atomic mass is 9.92. The third kappa shape index (κ3) is 3.53. The van der Waals surface area contributed by atoms with E-state index in [9.17, 15) is 8.42 Å². The van der Waals surface area contributed by atoms with Crippen molar-refractivity contribution in [2.24, 2.45) is 5.92 Å². The fourth-order valence-corrected chi connectivity index (χ4v) is 6.72. The van der Waals surface area contributed by atoms with Crippen molar-refractivity contribution in [3.05, 3.63) is 44.6 Å². The summed E-state index contributed by atoms with van der Waals surface area (Å²) in [5.74, 6) is 0.290. The highest BCUT2D eigenvalue weighted by Crippen LogP contribution is 2.41. The Labute approximate surface area is 160 Å². The summed E-state index contributed by atoms with van der Waals surface area (Å²) in [6.07, 6.45) is 0. The van der Waals surface area contributed by atoms with Gasteiger partial charge in [0.05, 0.1) is 6.04 Å². The summed E-state index contributed by atoms with van der Waals surface area (Å²) in [6.45, 7) is 12.1. The topological polar surface area (TPSA) is 70.2 Å². The molecule has 0 saturated carbocycles. The van der Waals surface area contributed by atoms with Gasteiger partial charge >= 0.3 is 0 Å². The Kier molecular flexibility index (Phi) is 5.18. The van der Waals surface area contributed by atoms with Crippen LogP contribution in [0.5, 0.6) is 0 Å². The molecule has 1 fully saturated rings. The molecule has 0 spiro atoms. The van der Waals surface area contributed by atoms with Crippen molar-refractivity contribution in [1.29, 1.82) is 0 Å². The summed E-state index contributed by atoms with van der Waals surface area (Å²) >= 11 is 1.54. The van der Waals surface area contributed by atoms with Crippen LogP contribution in [0.2, 0.25) is 0 Å². The van der Waals surface area contributed by atoms with Crippen LogP contribution in [0, 0.1) is 33.6 Å². The van der Waals surface area contributed by atoms with Gasteiger partial charge in [0.15, 0.2) is 0 Å². The lowest BCUT2D eigenvalue weighted by molar-refractivity contribution is 0.469. The third-order valence-corrected chi connectivity index (χ3v) is 7.82. The molecule has 3 rings (SSSR count). The molecule has 0 bridgehead atoms. The van der Waals surface area contributed by atoms with Gasteiger partial charge in [-0.25, -0.2) is 13.8 Å². The monoisotopic (exact) mass is 393 g/mol. The average Bonchev–Trinajstić information content (AvgIpc) is 2.97. The number of nitrogens with one attached hydrogen (secondary N) is 3. The number of hydrazine groups is 1. The molecule has 0 amide bonds. The minimum Gasteiger partial charge on any atom is -0.280 e. The van der Waals surface area contributed by atoms with Gasteiger partial charge in [0.1, 0.15) is 4.90 Å². The molecule has 3 atom stereocenters. The molecule has 26 heavy (non-hydrogen) atoms. The third-order valence-electron chi connectivity index (χ3n) is 5.08. The quantitative estimate of drug-likeness (QED) is 0.735. The van der Waals surface area contributed by atoms with E-state index in [4.69, 9.17) is 0 Å². The van der Waals surface area contributed by atoms with Gasteiger partial charge in [-0.2, -0.15) is 0 Å². The Balaban J connectivity index is 2.05. The Morgan fingerprint density at radius 1 is 0.962 bits per heavy atom. The van der Waals surface area contributed by atoms with Crippen LogP contribution in [0.1, 0.15) is 46.3 Å². The largest absolute Gasteiger partial charge is 0.280 e. The fourth-order valence-electron chi connectivity index (χ4n) is 3.72. The first kappa shape index (κ1) is 19.4. The molecule has 1 aliphatic rings. The Morgan fingerprint density at radius 2 is 1.58 bits per heavy atom. The lowest BCUT2D eigenvalue weighted by Crippen LogP contribution is -2.29. The average molecular weight is 394 g/mol. The molecule has 0 aliphatic carbocycles. The zero-order chi connectivity index (χ0) is 19.2. The van der Waals surface area contributed by atoms with Crippen molar-refractivity contribution in [3.8, 4) is 0 Å². The highest BCUT2D eigenvalue weighted by Gasteiger charge is 2.37. The Hall–Kier alpha value is -1.41. The number of rotatable bonds is 4. The van der Waals surface area contributed by atoms with Crippen LogP contribution in [0.25, 0.3) is 0 Å². The van der Waals surface area contributed by atoms with Crippen molar-refractivity contribution in [1.82, 2.24) is 10.9 Å². The number of hydrogen-bond donors (Lipinski definition) is 3. The minimum absolute atomic E-state index is 0.0271. The van der Waals surface area contributed by atoms with E-state index in [1.54, 1.807) is 11.3 Å². The van der Waals surface area contributed by atoms with E-state index in [0.717, 1.165) is 26.4 Å². The van der Waals surface area contributed by atoms with E-state index in [0.29, 0.717) is 10.6 Å². The van der Waals surface area contributed by atoms with Gasteiger partial charge in [-0.3, -0.25) is 10.1 Å². The van der Waals surface area contributed by atoms with Crippen molar-refractivity contribution >= 4 is 27.0 Å². The summed E-state index contributed by atoms with van der Waals surface area (Å²) in [5, 5.41) is 0. The van der Waals surface area contributed by atoms with E-state index in [2.05, 4.69) is 29.4 Å². The number of aryl methyl sites for hydroxylation is 4. The van der Waals surface area contributed by atoms with Crippen LogP contribution >= 0.6 is 11.3 Å². The molecular weight excluding hydrogens is 366 g/mol. The maximum Gasteiger partial charge on any atom is 0.263 e. The van der Waals surface area contributed by atoms with Gasteiger partial charge < -0.3 is 0 Å². The van der Waals surface area contributed by atoms with Gasteiger partial charge in [-0.05, 0) is 63.8 Å². The predicted octanol–water partition coefficient (Wildman–Crippen LogP) is 3.96. The van der Waals surface area contributed by atoms with E-state index in [1.807, 2.05) is 45.9 Å². The first-order valence-electron chi connectivity index (χ1n) is 8.82. The predicted molar refractivity (Wildman–Crippen MR) is 108 cm³/mol. The number of hydrogen-bond acceptors (Lipinski definition) is 5. The standard InChI is InChI=1S/C19H27N3O2S2/c1-10-7-11(2)9-16(8-10)22-26(23,24)19-15(6)25-14(5)17(19)18-12(3)13(4)20-21-18/h7-9,12-13,18,20-22H,1-6H3. The number of benzene rings is 1. The first-order valence-corrected chi connectivity index (χ1v) is 11.1. The molecule has 3 N–H and O–H groups in total. The van der Waals surface area contributed by atoms with E-state index in [1.165, 1.54) is 0 Å².